The van der Waals surface area contributed by atoms with Gasteiger partial charge in [0.2, 0.25) is 4.51 Å². The molecule has 2 atom stereocenters. The molecule has 2 saturated heterocycles. The molecule has 56 valence electrons. The summed E-state index contributed by atoms with van der Waals surface area (Å²) in [5.41, 5.74) is 0. The van der Waals surface area contributed by atoms with Crippen LogP contribution in [0.3, 0.4) is 0 Å². The van der Waals surface area contributed by atoms with Crippen LogP contribution in [0, 0.1) is 0 Å². The van der Waals surface area contributed by atoms with E-state index in [-0.39, 0.29) is 11.3 Å². The maximum atomic E-state index is 11.0. The van der Waals surface area contributed by atoms with Gasteiger partial charge in [0.05, 0.1) is 0 Å². The zero-order valence-electron chi connectivity index (χ0n) is 5.08. The van der Waals surface area contributed by atoms with E-state index in [0.717, 1.165) is 12.3 Å². The second-order valence-corrected chi connectivity index (χ2v) is 4.79. The summed E-state index contributed by atoms with van der Waals surface area (Å²) in [6.45, 7) is 0.780. The number of fused-ring (bicyclic) bond motifs is 1. The molecule has 1 amide bonds. The van der Waals surface area contributed by atoms with Crippen molar-refractivity contribution in [1.29, 1.82) is 0 Å². The molecular formula is C5H6BrNO2S. The van der Waals surface area contributed by atoms with Crippen molar-refractivity contribution >= 4 is 33.6 Å². The summed E-state index contributed by atoms with van der Waals surface area (Å²) in [5, 5.41) is 9.31. The summed E-state index contributed by atoms with van der Waals surface area (Å²) >= 11 is 4.59. The van der Waals surface area contributed by atoms with E-state index in [4.69, 9.17) is 0 Å². The van der Waals surface area contributed by atoms with Gasteiger partial charge in [0, 0.05) is 12.3 Å². The summed E-state index contributed by atoms with van der Waals surface area (Å²) in [4.78, 5) is 12.7. The third-order valence-corrected chi connectivity index (χ3v) is 4.18. The van der Waals surface area contributed by atoms with Crippen molar-refractivity contribution in [2.75, 3.05) is 12.3 Å². The van der Waals surface area contributed by atoms with Crippen molar-refractivity contribution in [3.8, 4) is 0 Å². The van der Waals surface area contributed by atoms with Gasteiger partial charge in [-0.25, -0.2) is 0 Å². The highest BCUT2D eigenvalue weighted by Gasteiger charge is 2.60. The van der Waals surface area contributed by atoms with Crippen LogP contribution >= 0.6 is 27.7 Å². The quantitative estimate of drug-likeness (QED) is 0.464. The van der Waals surface area contributed by atoms with Crippen LogP contribution < -0.4 is 0 Å². The second-order valence-electron chi connectivity index (χ2n) is 2.40. The minimum atomic E-state index is -1.26. The van der Waals surface area contributed by atoms with Crippen LogP contribution in [0.15, 0.2) is 0 Å². The maximum absolute atomic E-state index is 11.0. The Balaban J connectivity index is 2.23. The molecule has 0 aromatic carbocycles. The van der Waals surface area contributed by atoms with Crippen molar-refractivity contribution in [1.82, 2.24) is 4.90 Å². The smallest absolute Gasteiger partial charge is 0.270 e. The van der Waals surface area contributed by atoms with E-state index >= 15 is 0 Å². The molecule has 3 nitrogen and oxygen atoms in total. The van der Waals surface area contributed by atoms with E-state index in [1.165, 1.54) is 0 Å². The summed E-state index contributed by atoms with van der Waals surface area (Å²) < 4.78 is -1.26. The van der Waals surface area contributed by atoms with E-state index in [9.17, 15) is 9.90 Å². The average Bonchev–Trinajstić information content (AvgIpc) is 2.31. The molecule has 1 N–H and O–H groups in total. The van der Waals surface area contributed by atoms with Crippen LogP contribution in [0.25, 0.3) is 0 Å². The normalized spacial score (nSPS) is 45.2. The maximum Gasteiger partial charge on any atom is 0.270 e. The molecule has 0 aromatic heterocycles. The number of thioether (sulfide) groups is 1. The molecule has 0 saturated carbocycles. The predicted molar refractivity (Wildman–Crippen MR) is 41.8 cm³/mol. The van der Waals surface area contributed by atoms with E-state index < -0.39 is 4.51 Å². The zero-order chi connectivity index (χ0) is 7.35. The van der Waals surface area contributed by atoms with E-state index in [2.05, 4.69) is 15.9 Å². The molecule has 0 bridgehead atoms. The Morgan fingerprint density at radius 2 is 2.60 bits per heavy atom. The number of carbonyl (C=O) groups is 1. The van der Waals surface area contributed by atoms with Crippen molar-refractivity contribution in [2.24, 2.45) is 0 Å². The number of β-lactam (4-membered cyclic amide) rings is 1. The fraction of sp³-hybridized carbons (Fsp3) is 0.800. The highest BCUT2D eigenvalue weighted by molar-refractivity contribution is 9.10. The first-order chi connectivity index (χ1) is 4.64. The first-order valence-corrected chi connectivity index (χ1v) is 4.82. The SMILES string of the molecule is O=C1N2CCS[C@H]2C1(O)Br. The lowest BCUT2D eigenvalue weighted by atomic mass is 10.1. The van der Waals surface area contributed by atoms with Crippen LogP contribution in [0.2, 0.25) is 0 Å². The van der Waals surface area contributed by atoms with Crippen LogP contribution in [0.1, 0.15) is 0 Å². The Morgan fingerprint density at radius 1 is 1.90 bits per heavy atom. The van der Waals surface area contributed by atoms with Gasteiger partial charge in [-0.3, -0.25) is 4.79 Å². The van der Waals surface area contributed by atoms with E-state index in [0.29, 0.717) is 0 Å². The second kappa shape index (κ2) is 1.89. The molecule has 1 unspecified atom stereocenters. The number of hydrogen-bond acceptors (Lipinski definition) is 3. The van der Waals surface area contributed by atoms with Gasteiger partial charge in [-0.1, -0.05) is 0 Å². The van der Waals surface area contributed by atoms with Gasteiger partial charge in [-0.2, -0.15) is 0 Å². The van der Waals surface area contributed by atoms with Gasteiger partial charge in [-0.15, -0.1) is 11.8 Å². The highest BCUT2D eigenvalue weighted by Crippen LogP contribution is 2.46. The van der Waals surface area contributed by atoms with Crippen molar-refractivity contribution in [3.63, 3.8) is 0 Å². The topological polar surface area (TPSA) is 40.5 Å². The molecule has 0 spiro atoms. The Kier molecular flexibility index (Phi) is 1.31. The lowest BCUT2D eigenvalue weighted by molar-refractivity contribution is -0.161. The summed E-state index contributed by atoms with van der Waals surface area (Å²) in [6, 6.07) is 0. The molecule has 0 aliphatic carbocycles. The van der Waals surface area contributed by atoms with Crippen LogP contribution in [-0.2, 0) is 4.79 Å². The first-order valence-electron chi connectivity index (χ1n) is 2.98. The molecule has 2 aliphatic heterocycles. The minimum Gasteiger partial charge on any atom is -0.368 e. The minimum absolute atomic E-state index is 0.0417. The first kappa shape index (κ1) is 6.94. The van der Waals surface area contributed by atoms with Crippen molar-refractivity contribution < 1.29 is 9.90 Å². The number of alkyl halides is 1. The third-order valence-electron chi connectivity index (χ3n) is 1.78. The number of amides is 1. The molecule has 2 fully saturated rings. The lowest BCUT2D eigenvalue weighted by Gasteiger charge is -2.44. The fourth-order valence-electron chi connectivity index (χ4n) is 1.24. The summed E-state index contributed by atoms with van der Waals surface area (Å²) in [7, 11) is 0. The standard InChI is InChI=1S/C5H6BrNO2S/c6-5(9)3(8)7-1-2-10-4(5)7/h4,9H,1-2H2/t4-,5?/m0/s1. The number of carbonyl (C=O) groups excluding carboxylic acids is 1. The predicted octanol–water partition coefficient (Wildman–Crippen LogP) is -0.0150. The van der Waals surface area contributed by atoms with Gasteiger partial charge in [-0.05, 0) is 15.9 Å². The monoisotopic (exact) mass is 223 g/mol. The molecular weight excluding hydrogens is 218 g/mol. The number of rotatable bonds is 0. The largest absolute Gasteiger partial charge is 0.368 e. The summed E-state index contributed by atoms with van der Waals surface area (Å²) in [5.74, 6) is 0.743. The van der Waals surface area contributed by atoms with Gasteiger partial charge in [0.1, 0.15) is 5.37 Å². The molecule has 0 radical (unpaired) electrons. The third kappa shape index (κ3) is 0.631. The Morgan fingerprint density at radius 3 is 3.20 bits per heavy atom. The van der Waals surface area contributed by atoms with E-state index in [1.807, 2.05) is 0 Å². The molecule has 0 aromatic rings. The van der Waals surface area contributed by atoms with Crippen molar-refractivity contribution in [3.05, 3.63) is 0 Å². The van der Waals surface area contributed by atoms with Gasteiger partial charge in [0.15, 0.2) is 0 Å². The molecule has 5 heteroatoms. The Bertz CT molecular complexity index is 196. The Hall–Kier alpha value is 0.260. The number of hydrogen-bond donors (Lipinski definition) is 1. The van der Waals surface area contributed by atoms with Crippen LogP contribution in [-0.4, -0.2) is 38.1 Å². The van der Waals surface area contributed by atoms with E-state index in [1.54, 1.807) is 16.7 Å². The van der Waals surface area contributed by atoms with Crippen molar-refractivity contribution in [2.45, 2.75) is 9.88 Å². The van der Waals surface area contributed by atoms with Crippen LogP contribution in [0.5, 0.6) is 0 Å². The number of halogens is 1. The van der Waals surface area contributed by atoms with Crippen LogP contribution in [0.4, 0.5) is 0 Å². The van der Waals surface area contributed by atoms with Gasteiger partial charge < -0.3 is 10.0 Å². The molecule has 10 heavy (non-hydrogen) atoms. The van der Waals surface area contributed by atoms with Gasteiger partial charge in [0.25, 0.3) is 5.91 Å². The summed E-state index contributed by atoms with van der Waals surface area (Å²) in [6.07, 6.45) is 0. The Labute approximate surface area is 70.9 Å². The number of aliphatic hydroxyl groups is 1. The number of nitrogens with zero attached hydrogens (tertiary/aromatic N) is 1. The fourth-order valence-corrected chi connectivity index (χ4v) is 3.34. The molecule has 2 heterocycles. The lowest BCUT2D eigenvalue weighted by Crippen LogP contribution is -2.66. The average molecular weight is 224 g/mol. The highest BCUT2D eigenvalue weighted by atomic mass is 79.9. The van der Waals surface area contributed by atoms with Gasteiger partial charge >= 0.3 is 0 Å². The molecule has 2 rings (SSSR count). The molecule has 2 aliphatic rings. The zero-order valence-corrected chi connectivity index (χ0v) is 7.48.